The molecule has 7 heteroatoms. The van der Waals surface area contributed by atoms with Crippen molar-refractivity contribution in [3.63, 3.8) is 0 Å². The van der Waals surface area contributed by atoms with Crippen molar-refractivity contribution < 1.29 is 9.53 Å². The molecule has 2 saturated heterocycles. The van der Waals surface area contributed by atoms with Crippen LogP contribution in [0, 0.1) is 0 Å². The van der Waals surface area contributed by atoms with Crippen LogP contribution in [-0.2, 0) is 16.1 Å². The zero-order valence-corrected chi connectivity index (χ0v) is 14.3. The third-order valence-corrected chi connectivity index (χ3v) is 5.15. The Labute approximate surface area is 145 Å². The Bertz CT molecular complexity index is 850. The van der Waals surface area contributed by atoms with E-state index in [1.165, 1.54) is 10.8 Å². The van der Waals surface area contributed by atoms with Gasteiger partial charge in [-0.15, -0.1) is 0 Å². The fourth-order valence-corrected chi connectivity index (χ4v) is 3.84. The summed E-state index contributed by atoms with van der Waals surface area (Å²) in [4.78, 5) is 33.6. The Balaban J connectivity index is 1.62. The zero-order chi connectivity index (χ0) is 17.4. The normalized spacial score (nSPS) is 24.3. The highest BCUT2D eigenvalue weighted by atomic mass is 16.5. The number of para-hydroxylation sites is 2. The first-order valence-electron chi connectivity index (χ1n) is 8.67. The first-order chi connectivity index (χ1) is 12.1. The fraction of sp³-hybridized carbons (Fsp3) is 0.500. The van der Waals surface area contributed by atoms with E-state index in [9.17, 15) is 9.59 Å². The van der Waals surface area contributed by atoms with Crippen molar-refractivity contribution in [3.8, 4) is 0 Å². The Hall–Kier alpha value is -2.25. The number of aromatic nitrogens is 2. The number of piperidine rings is 1. The molecule has 1 aromatic carbocycles. The molecule has 0 radical (unpaired) electrons. The Morgan fingerprint density at radius 3 is 3.04 bits per heavy atom. The monoisotopic (exact) mass is 342 g/mol. The smallest absolute Gasteiger partial charge is 0.269 e. The lowest BCUT2D eigenvalue weighted by molar-refractivity contribution is -0.152. The maximum absolute atomic E-state index is 13.0. The fourth-order valence-electron chi connectivity index (χ4n) is 3.84. The quantitative estimate of drug-likeness (QED) is 0.787. The number of rotatable bonds is 2. The van der Waals surface area contributed by atoms with E-state index in [1.807, 2.05) is 29.2 Å². The van der Waals surface area contributed by atoms with Crippen molar-refractivity contribution in [1.82, 2.24) is 19.4 Å². The SMILES string of the molecule is CN1CCC2OCCN(C(=O)Cn3c(=O)cnc4ccccc43)C2C1. The van der Waals surface area contributed by atoms with E-state index in [0.29, 0.717) is 24.2 Å². The number of amides is 1. The standard InChI is InChI=1S/C18H22N4O3/c1-20-7-6-16-15(11-20)21(8-9-25-16)18(24)12-22-14-5-3-2-4-13(14)19-10-17(22)23/h2-5,10,15-16H,6-9,11-12H2,1H3. The Morgan fingerprint density at radius 1 is 1.32 bits per heavy atom. The van der Waals surface area contributed by atoms with Crippen molar-refractivity contribution >= 4 is 16.9 Å². The molecular formula is C18H22N4O3. The highest BCUT2D eigenvalue weighted by molar-refractivity contribution is 5.80. The molecule has 0 spiro atoms. The topological polar surface area (TPSA) is 67.7 Å². The molecule has 132 valence electrons. The second-order valence-corrected chi connectivity index (χ2v) is 6.79. The number of nitrogens with zero attached hydrogens (tertiary/aromatic N) is 4. The molecule has 2 aliphatic heterocycles. The molecule has 25 heavy (non-hydrogen) atoms. The number of likely N-dealkylation sites (tertiary alicyclic amines) is 1. The average molecular weight is 342 g/mol. The zero-order valence-electron chi connectivity index (χ0n) is 14.3. The number of carbonyl (C=O) groups is 1. The summed E-state index contributed by atoms with van der Waals surface area (Å²) in [5, 5.41) is 0. The van der Waals surface area contributed by atoms with Gasteiger partial charge in [-0.2, -0.15) is 0 Å². The first kappa shape index (κ1) is 16.2. The summed E-state index contributed by atoms with van der Waals surface area (Å²) in [5.41, 5.74) is 1.15. The van der Waals surface area contributed by atoms with Gasteiger partial charge in [0.15, 0.2) is 0 Å². The second-order valence-electron chi connectivity index (χ2n) is 6.79. The molecule has 3 heterocycles. The van der Waals surface area contributed by atoms with Crippen molar-refractivity contribution in [2.75, 3.05) is 33.3 Å². The van der Waals surface area contributed by atoms with Crippen LogP contribution in [-0.4, -0.2) is 70.7 Å². The lowest BCUT2D eigenvalue weighted by atomic mass is 9.99. The van der Waals surface area contributed by atoms with E-state index in [4.69, 9.17) is 4.74 Å². The van der Waals surface area contributed by atoms with Crippen LogP contribution in [0.2, 0.25) is 0 Å². The summed E-state index contributed by atoms with van der Waals surface area (Å²) in [7, 11) is 2.06. The van der Waals surface area contributed by atoms with Crippen molar-refractivity contribution in [1.29, 1.82) is 0 Å². The van der Waals surface area contributed by atoms with Gasteiger partial charge in [-0.25, -0.2) is 4.98 Å². The lowest BCUT2D eigenvalue weighted by Crippen LogP contribution is -2.61. The van der Waals surface area contributed by atoms with Crippen LogP contribution in [0.3, 0.4) is 0 Å². The Morgan fingerprint density at radius 2 is 2.16 bits per heavy atom. The van der Waals surface area contributed by atoms with E-state index in [1.54, 1.807) is 0 Å². The number of hydrogen-bond donors (Lipinski definition) is 0. The van der Waals surface area contributed by atoms with Gasteiger partial charge in [0.1, 0.15) is 6.54 Å². The number of hydrogen-bond acceptors (Lipinski definition) is 5. The van der Waals surface area contributed by atoms with Gasteiger partial charge >= 0.3 is 0 Å². The minimum atomic E-state index is -0.252. The van der Waals surface area contributed by atoms with Crippen LogP contribution in [0.4, 0.5) is 0 Å². The molecule has 7 nitrogen and oxygen atoms in total. The number of carbonyl (C=O) groups excluding carboxylic acids is 1. The highest BCUT2D eigenvalue weighted by Gasteiger charge is 2.38. The van der Waals surface area contributed by atoms with E-state index in [2.05, 4.69) is 16.9 Å². The summed E-state index contributed by atoms with van der Waals surface area (Å²) in [6.45, 7) is 2.96. The largest absolute Gasteiger partial charge is 0.374 e. The number of ether oxygens (including phenoxy) is 1. The highest BCUT2D eigenvalue weighted by Crippen LogP contribution is 2.23. The van der Waals surface area contributed by atoms with Crippen LogP contribution >= 0.6 is 0 Å². The Kier molecular flexibility index (Phi) is 4.27. The average Bonchev–Trinajstić information content (AvgIpc) is 2.63. The van der Waals surface area contributed by atoms with E-state index in [0.717, 1.165) is 19.5 Å². The van der Waals surface area contributed by atoms with Gasteiger partial charge in [0.25, 0.3) is 5.56 Å². The molecule has 0 N–H and O–H groups in total. The van der Waals surface area contributed by atoms with E-state index in [-0.39, 0.29) is 30.2 Å². The lowest BCUT2D eigenvalue weighted by Gasteiger charge is -2.46. The van der Waals surface area contributed by atoms with E-state index >= 15 is 0 Å². The van der Waals surface area contributed by atoms with Crippen LogP contribution < -0.4 is 5.56 Å². The number of likely N-dealkylation sites (N-methyl/N-ethyl adjacent to an activating group) is 1. The van der Waals surface area contributed by atoms with Crippen molar-refractivity contribution in [3.05, 3.63) is 40.8 Å². The predicted molar refractivity (Wildman–Crippen MR) is 93.4 cm³/mol. The summed E-state index contributed by atoms with van der Waals surface area (Å²) < 4.78 is 7.37. The van der Waals surface area contributed by atoms with Crippen LogP contribution in [0.25, 0.3) is 11.0 Å². The third kappa shape index (κ3) is 3.05. The summed E-state index contributed by atoms with van der Waals surface area (Å²) in [6.07, 6.45) is 2.31. The maximum Gasteiger partial charge on any atom is 0.269 e. The van der Waals surface area contributed by atoms with Crippen LogP contribution in [0.15, 0.2) is 35.3 Å². The van der Waals surface area contributed by atoms with Gasteiger partial charge in [0.05, 0.1) is 36.0 Å². The van der Waals surface area contributed by atoms with Gasteiger partial charge in [0.2, 0.25) is 5.91 Å². The number of benzene rings is 1. The summed E-state index contributed by atoms with van der Waals surface area (Å²) in [6, 6.07) is 7.45. The number of morpholine rings is 1. The van der Waals surface area contributed by atoms with Crippen LogP contribution in [0.5, 0.6) is 0 Å². The molecule has 0 bridgehead atoms. The molecule has 2 fully saturated rings. The van der Waals surface area contributed by atoms with Gasteiger partial charge in [-0.05, 0) is 25.6 Å². The van der Waals surface area contributed by atoms with Crippen LogP contribution in [0.1, 0.15) is 6.42 Å². The van der Waals surface area contributed by atoms with Gasteiger partial charge in [-0.3, -0.25) is 14.2 Å². The molecule has 2 unspecified atom stereocenters. The van der Waals surface area contributed by atoms with Crippen molar-refractivity contribution in [2.45, 2.75) is 25.1 Å². The van der Waals surface area contributed by atoms with E-state index < -0.39 is 0 Å². The molecule has 1 aromatic heterocycles. The number of fused-ring (bicyclic) bond motifs is 2. The minimum absolute atomic E-state index is 0.0351. The predicted octanol–water partition coefficient (Wildman–Crippen LogP) is 0.328. The molecule has 4 rings (SSSR count). The second kappa shape index (κ2) is 6.57. The third-order valence-electron chi connectivity index (χ3n) is 5.15. The maximum atomic E-state index is 13.0. The van der Waals surface area contributed by atoms with Crippen molar-refractivity contribution in [2.24, 2.45) is 0 Å². The van der Waals surface area contributed by atoms with Gasteiger partial charge in [0, 0.05) is 19.6 Å². The molecule has 0 saturated carbocycles. The molecule has 0 aliphatic carbocycles. The van der Waals surface area contributed by atoms with Gasteiger partial charge < -0.3 is 14.5 Å². The molecular weight excluding hydrogens is 320 g/mol. The minimum Gasteiger partial charge on any atom is -0.374 e. The summed E-state index contributed by atoms with van der Waals surface area (Å²) >= 11 is 0. The molecule has 1 amide bonds. The molecule has 2 atom stereocenters. The molecule has 2 aromatic rings. The first-order valence-corrected chi connectivity index (χ1v) is 8.67. The summed E-state index contributed by atoms with van der Waals surface area (Å²) in [5.74, 6) is -0.0351. The molecule has 2 aliphatic rings. The van der Waals surface area contributed by atoms with Gasteiger partial charge in [-0.1, -0.05) is 12.1 Å².